The van der Waals surface area contributed by atoms with E-state index in [4.69, 9.17) is 14.9 Å². The molecule has 0 bridgehead atoms. The Hall–Kier alpha value is -3.92. The third-order valence-corrected chi connectivity index (χ3v) is 6.65. The van der Waals surface area contributed by atoms with Crippen molar-refractivity contribution in [3.63, 3.8) is 0 Å². The minimum atomic E-state index is -1.26. The van der Waals surface area contributed by atoms with E-state index < -0.39 is 11.9 Å². The number of hydrogen-bond acceptors (Lipinski definition) is 5. The van der Waals surface area contributed by atoms with E-state index in [1.807, 2.05) is 0 Å². The predicted molar refractivity (Wildman–Crippen MR) is 153 cm³/mol. The third-order valence-electron chi connectivity index (χ3n) is 6.65. The number of carboxylic acids is 2. The largest absolute Gasteiger partial charge is 0.478 e. The van der Waals surface area contributed by atoms with Gasteiger partial charge in [-0.3, -0.25) is 4.90 Å². The van der Waals surface area contributed by atoms with Gasteiger partial charge < -0.3 is 19.8 Å². The molecule has 3 aromatic rings. The number of halogens is 2. The summed E-state index contributed by atoms with van der Waals surface area (Å²) in [5.74, 6) is -3.07. The van der Waals surface area contributed by atoms with E-state index in [0.717, 1.165) is 56.8 Å². The summed E-state index contributed by atoms with van der Waals surface area (Å²) in [6, 6.07) is 23.3. The van der Waals surface area contributed by atoms with E-state index in [2.05, 4.69) is 40.1 Å². The smallest absolute Gasteiger partial charge is 0.328 e. The van der Waals surface area contributed by atoms with Crippen LogP contribution in [0.15, 0.2) is 91.0 Å². The van der Waals surface area contributed by atoms with Crippen molar-refractivity contribution in [3.8, 4) is 0 Å². The number of aliphatic carboxylic acids is 2. The van der Waals surface area contributed by atoms with Gasteiger partial charge in [-0.1, -0.05) is 54.6 Å². The highest BCUT2D eigenvalue weighted by atomic mass is 19.1. The maximum absolute atomic E-state index is 13.4. The van der Waals surface area contributed by atoms with Gasteiger partial charge in [-0.05, 0) is 60.3 Å². The minimum absolute atomic E-state index is 0.279. The molecule has 2 N–H and O–H groups in total. The van der Waals surface area contributed by atoms with Crippen LogP contribution in [0.1, 0.15) is 29.2 Å². The molecule has 1 aliphatic heterocycles. The molecule has 0 aromatic heterocycles. The fraction of sp³-hybridized carbons (Fsp3) is 0.312. The zero-order valence-corrected chi connectivity index (χ0v) is 22.9. The maximum atomic E-state index is 13.4. The molecular formula is C32H36F2N2O5. The molecule has 0 unspecified atom stereocenters. The lowest BCUT2D eigenvalue weighted by atomic mass is 10.0. The van der Waals surface area contributed by atoms with E-state index in [1.165, 1.54) is 36.2 Å². The monoisotopic (exact) mass is 566 g/mol. The second-order valence-corrected chi connectivity index (χ2v) is 9.64. The van der Waals surface area contributed by atoms with E-state index in [9.17, 15) is 18.4 Å². The Balaban J connectivity index is 0.000000507. The van der Waals surface area contributed by atoms with Gasteiger partial charge in [0.15, 0.2) is 0 Å². The van der Waals surface area contributed by atoms with Crippen molar-refractivity contribution in [3.05, 3.63) is 119 Å². The number of benzene rings is 3. The zero-order valence-electron chi connectivity index (χ0n) is 22.9. The number of nitrogens with zero attached hydrogens (tertiary/aromatic N) is 2. The lowest BCUT2D eigenvalue weighted by molar-refractivity contribution is -0.134. The van der Waals surface area contributed by atoms with E-state index >= 15 is 0 Å². The van der Waals surface area contributed by atoms with E-state index in [1.54, 1.807) is 24.3 Å². The Bertz CT molecular complexity index is 1170. The van der Waals surface area contributed by atoms with Crippen molar-refractivity contribution < 1.29 is 33.3 Å². The van der Waals surface area contributed by atoms with Crippen molar-refractivity contribution >= 4 is 11.9 Å². The SMILES string of the molecule is Fc1ccc(C(OCCN2CCN(CCCc3ccccc3)CC2)c2ccc(F)cc2)cc1.O=C(O)/C=C/C(=O)O. The normalized spacial score (nSPS) is 14.1. The van der Waals surface area contributed by atoms with Gasteiger partial charge in [0, 0.05) is 44.9 Å². The average molecular weight is 567 g/mol. The van der Waals surface area contributed by atoms with Crippen LogP contribution in [-0.2, 0) is 20.7 Å². The van der Waals surface area contributed by atoms with E-state index in [0.29, 0.717) is 18.8 Å². The van der Waals surface area contributed by atoms with Gasteiger partial charge >= 0.3 is 11.9 Å². The summed E-state index contributed by atoms with van der Waals surface area (Å²) in [5.41, 5.74) is 3.14. The first kappa shape index (κ1) is 31.6. The van der Waals surface area contributed by atoms with Crippen molar-refractivity contribution in [1.29, 1.82) is 0 Å². The molecule has 0 spiro atoms. The highest BCUT2D eigenvalue weighted by Gasteiger charge is 2.19. The lowest BCUT2D eigenvalue weighted by Gasteiger charge is -2.35. The number of hydrogen-bond donors (Lipinski definition) is 2. The Labute approximate surface area is 239 Å². The maximum Gasteiger partial charge on any atom is 0.328 e. The predicted octanol–water partition coefficient (Wildman–Crippen LogP) is 5.03. The molecule has 41 heavy (non-hydrogen) atoms. The molecule has 218 valence electrons. The van der Waals surface area contributed by atoms with Gasteiger partial charge in [0.2, 0.25) is 0 Å². The molecule has 9 heteroatoms. The van der Waals surface area contributed by atoms with Crippen LogP contribution in [0.4, 0.5) is 8.78 Å². The summed E-state index contributed by atoms with van der Waals surface area (Å²) in [6.07, 6.45) is 3.09. The van der Waals surface area contributed by atoms with Crippen molar-refractivity contribution in [2.45, 2.75) is 18.9 Å². The van der Waals surface area contributed by atoms with Gasteiger partial charge in [-0.15, -0.1) is 0 Å². The molecule has 0 aliphatic carbocycles. The first-order valence-corrected chi connectivity index (χ1v) is 13.6. The first-order chi connectivity index (χ1) is 19.8. The number of ether oxygens (including phenoxy) is 1. The second kappa shape index (κ2) is 17.0. The summed E-state index contributed by atoms with van der Waals surface area (Å²) in [6.45, 7) is 6.77. The molecule has 3 aromatic carbocycles. The third kappa shape index (κ3) is 12.0. The molecule has 1 saturated heterocycles. The molecule has 0 atom stereocenters. The molecule has 0 amide bonds. The number of aryl methyl sites for hydroxylation is 1. The van der Waals surface area contributed by atoms with Crippen molar-refractivity contribution in [2.24, 2.45) is 0 Å². The van der Waals surface area contributed by atoms with Crippen LogP contribution in [0.5, 0.6) is 0 Å². The number of rotatable bonds is 12. The Morgan fingerprint density at radius 2 is 1.20 bits per heavy atom. The molecule has 0 radical (unpaired) electrons. The van der Waals surface area contributed by atoms with Crippen LogP contribution in [0, 0.1) is 11.6 Å². The highest BCUT2D eigenvalue weighted by Crippen LogP contribution is 2.26. The van der Waals surface area contributed by atoms with Crippen LogP contribution < -0.4 is 0 Å². The second-order valence-electron chi connectivity index (χ2n) is 9.64. The highest BCUT2D eigenvalue weighted by molar-refractivity contribution is 5.89. The zero-order chi connectivity index (χ0) is 29.5. The quantitative estimate of drug-likeness (QED) is 0.297. The summed E-state index contributed by atoms with van der Waals surface area (Å²) in [4.78, 5) is 24.1. The number of piperazine rings is 1. The lowest BCUT2D eigenvalue weighted by Crippen LogP contribution is -2.47. The van der Waals surface area contributed by atoms with E-state index in [-0.39, 0.29) is 17.7 Å². The van der Waals surface area contributed by atoms with Gasteiger partial charge in [0.25, 0.3) is 0 Å². The topological polar surface area (TPSA) is 90.3 Å². The fourth-order valence-corrected chi connectivity index (χ4v) is 4.49. The minimum Gasteiger partial charge on any atom is -0.478 e. The van der Waals surface area contributed by atoms with Gasteiger partial charge in [-0.2, -0.15) is 0 Å². The van der Waals surface area contributed by atoms with Crippen LogP contribution in [0.2, 0.25) is 0 Å². The molecule has 1 heterocycles. The summed E-state index contributed by atoms with van der Waals surface area (Å²) in [5, 5.41) is 15.6. The van der Waals surface area contributed by atoms with Crippen molar-refractivity contribution in [1.82, 2.24) is 9.80 Å². The summed E-state index contributed by atoms with van der Waals surface area (Å²) in [7, 11) is 0. The van der Waals surface area contributed by atoms with Gasteiger partial charge in [0.1, 0.15) is 17.7 Å². The van der Waals surface area contributed by atoms with Crippen LogP contribution >= 0.6 is 0 Å². The van der Waals surface area contributed by atoms with Crippen LogP contribution in [0.3, 0.4) is 0 Å². The first-order valence-electron chi connectivity index (χ1n) is 13.6. The van der Waals surface area contributed by atoms with Crippen molar-refractivity contribution in [2.75, 3.05) is 45.9 Å². The molecule has 1 fully saturated rings. The average Bonchev–Trinajstić information content (AvgIpc) is 2.97. The van der Waals surface area contributed by atoms with Crippen LogP contribution in [0.25, 0.3) is 0 Å². The fourth-order valence-electron chi connectivity index (χ4n) is 4.49. The molecule has 7 nitrogen and oxygen atoms in total. The Morgan fingerprint density at radius 3 is 1.66 bits per heavy atom. The van der Waals surface area contributed by atoms with Crippen LogP contribution in [-0.4, -0.2) is 77.8 Å². The molecule has 4 rings (SSSR count). The molecule has 0 saturated carbocycles. The van der Waals surface area contributed by atoms with Gasteiger partial charge in [-0.25, -0.2) is 18.4 Å². The van der Waals surface area contributed by atoms with Gasteiger partial charge in [0.05, 0.1) is 6.61 Å². The summed E-state index contributed by atoms with van der Waals surface area (Å²) < 4.78 is 33.0. The number of carbonyl (C=O) groups is 2. The Morgan fingerprint density at radius 1 is 0.732 bits per heavy atom. The molecular weight excluding hydrogens is 530 g/mol. The standard InChI is InChI=1S/C28H32F2N2O.C4H4O4/c29-26-12-8-24(9-13-26)28(25-10-14-27(30)15-11-25)33-22-21-32-19-17-31(18-20-32)16-4-7-23-5-2-1-3-6-23;5-3(6)1-2-4(7)8/h1-3,5-6,8-15,28H,4,7,16-22H2;1-2H,(H,5,6)(H,7,8)/b;2-1+. The summed E-state index contributed by atoms with van der Waals surface area (Å²) >= 11 is 0. The molecule has 1 aliphatic rings. The number of carboxylic acid groups (broad SMARTS) is 2. The Kier molecular flexibility index (Phi) is 13.1.